The molecule has 3 nitrogen and oxygen atoms in total. The molecule has 0 radical (unpaired) electrons. The number of hydrogen-bond donors (Lipinski definition) is 2. The fraction of sp³-hybridized carbons (Fsp3) is 0.533. The third kappa shape index (κ3) is 5.15. The van der Waals surface area contributed by atoms with Gasteiger partial charge in [-0.15, -0.1) is 11.8 Å². The van der Waals surface area contributed by atoms with Crippen LogP contribution in [0, 0.1) is 12.3 Å². The molecule has 0 spiro atoms. The van der Waals surface area contributed by atoms with Crippen molar-refractivity contribution in [3.05, 3.63) is 29.8 Å². The minimum absolute atomic E-state index is 0.220. The molecule has 0 aliphatic carbocycles. The topological polar surface area (TPSA) is 58.6 Å². The monoisotopic (exact) mass is 280 g/mol. The molecule has 0 aliphatic rings. The SMILES string of the molecule is Cc1ccccc1SCCCCC(C)(C)/C(N)=N/O. The molecule has 0 aromatic heterocycles. The Bertz CT molecular complexity index is 430. The van der Waals surface area contributed by atoms with Gasteiger partial charge in [-0.25, -0.2) is 0 Å². The lowest BCUT2D eigenvalue weighted by molar-refractivity contribution is 0.304. The van der Waals surface area contributed by atoms with E-state index in [2.05, 4.69) is 36.3 Å². The van der Waals surface area contributed by atoms with E-state index in [1.807, 2.05) is 25.6 Å². The molecule has 0 bridgehead atoms. The second-order valence-electron chi connectivity index (χ2n) is 5.44. The third-order valence-electron chi connectivity index (χ3n) is 3.35. The van der Waals surface area contributed by atoms with Crippen LogP contribution >= 0.6 is 11.8 Å². The van der Waals surface area contributed by atoms with E-state index in [1.54, 1.807) is 0 Å². The van der Waals surface area contributed by atoms with E-state index < -0.39 is 0 Å². The number of thioether (sulfide) groups is 1. The predicted molar refractivity (Wildman–Crippen MR) is 82.9 cm³/mol. The minimum Gasteiger partial charge on any atom is -0.409 e. The van der Waals surface area contributed by atoms with Crippen molar-refractivity contribution < 1.29 is 5.21 Å². The molecule has 0 atom stereocenters. The molecule has 1 aromatic carbocycles. The maximum absolute atomic E-state index is 8.71. The van der Waals surface area contributed by atoms with Crippen LogP contribution in [-0.4, -0.2) is 16.8 Å². The highest BCUT2D eigenvalue weighted by molar-refractivity contribution is 7.99. The Kier molecular flexibility index (Phi) is 6.22. The Morgan fingerprint density at radius 2 is 2.00 bits per heavy atom. The van der Waals surface area contributed by atoms with Crippen molar-refractivity contribution in [3.8, 4) is 0 Å². The number of hydrogen-bond acceptors (Lipinski definition) is 3. The van der Waals surface area contributed by atoms with Crippen molar-refractivity contribution in [1.82, 2.24) is 0 Å². The normalized spacial score (nSPS) is 12.7. The first-order valence-electron chi connectivity index (χ1n) is 6.64. The van der Waals surface area contributed by atoms with E-state index in [4.69, 9.17) is 10.9 Å². The second kappa shape index (κ2) is 7.43. The van der Waals surface area contributed by atoms with E-state index in [-0.39, 0.29) is 5.41 Å². The zero-order valence-electron chi connectivity index (χ0n) is 12.0. The largest absolute Gasteiger partial charge is 0.409 e. The van der Waals surface area contributed by atoms with Crippen molar-refractivity contribution >= 4 is 17.6 Å². The average Bonchev–Trinajstić information content (AvgIpc) is 2.39. The molecule has 0 amide bonds. The molecule has 19 heavy (non-hydrogen) atoms. The van der Waals surface area contributed by atoms with Gasteiger partial charge in [-0.1, -0.05) is 43.6 Å². The van der Waals surface area contributed by atoms with Crippen LogP contribution in [0.15, 0.2) is 34.3 Å². The van der Waals surface area contributed by atoms with Gasteiger partial charge < -0.3 is 10.9 Å². The summed E-state index contributed by atoms with van der Waals surface area (Å²) in [6.07, 6.45) is 3.17. The molecule has 0 saturated heterocycles. The van der Waals surface area contributed by atoms with Crippen LogP contribution < -0.4 is 5.73 Å². The van der Waals surface area contributed by atoms with E-state index in [0.29, 0.717) is 5.84 Å². The number of nitrogens with zero attached hydrogens (tertiary/aromatic N) is 1. The fourth-order valence-electron chi connectivity index (χ4n) is 1.83. The van der Waals surface area contributed by atoms with E-state index in [9.17, 15) is 0 Å². The first-order chi connectivity index (χ1) is 8.97. The number of aryl methyl sites for hydroxylation is 1. The van der Waals surface area contributed by atoms with E-state index in [0.717, 1.165) is 25.0 Å². The van der Waals surface area contributed by atoms with Crippen LogP contribution in [-0.2, 0) is 0 Å². The Labute approximate surface area is 120 Å². The standard InChI is InChI=1S/C15H24N2OS/c1-12-8-4-5-9-13(12)19-11-7-6-10-15(2,3)14(16)17-18/h4-5,8-9,18H,6-7,10-11H2,1-3H3,(H2,16,17). The highest BCUT2D eigenvalue weighted by Gasteiger charge is 2.22. The van der Waals surface area contributed by atoms with Crippen LogP contribution in [0.5, 0.6) is 0 Å². The second-order valence-corrected chi connectivity index (χ2v) is 6.58. The van der Waals surface area contributed by atoms with Crippen LogP contribution in [0.4, 0.5) is 0 Å². The van der Waals surface area contributed by atoms with E-state index in [1.165, 1.54) is 10.5 Å². The molecule has 0 unspecified atom stereocenters. The molecule has 1 aromatic rings. The Morgan fingerprint density at radius 1 is 1.32 bits per heavy atom. The maximum Gasteiger partial charge on any atom is 0.144 e. The lowest BCUT2D eigenvalue weighted by Gasteiger charge is -2.22. The summed E-state index contributed by atoms with van der Waals surface area (Å²) < 4.78 is 0. The molecule has 1 rings (SSSR count). The number of amidine groups is 1. The third-order valence-corrected chi connectivity index (χ3v) is 4.61. The van der Waals surface area contributed by atoms with Crippen molar-refractivity contribution in [1.29, 1.82) is 0 Å². The van der Waals surface area contributed by atoms with Crippen molar-refractivity contribution in [2.75, 3.05) is 5.75 Å². The molecule has 0 saturated carbocycles. The number of rotatable bonds is 7. The summed E-state index contributed by atoms with van der Waals surface area (Å²) in [4.78, 5) is 1.36. The molecule has 0 aliphatic heterocycles. The Morgan fingerprint density at radius 3 is 2.63 bits per heavy atom. The van der Waals surface area contributed by atoms with Gasteiger partial charge in [0.1, 0.15) is 5.84 Å². The Balaban J connectivity index is 2.27. The number of unbranched alkanes of at least 4 members (excludes halogenated alkanes) is 1. The first kappa shape index (κ1) is 15.9. The maximum atomic E-state index is 8.71. The molecule has 3 N–H and O–H groups in total. The smallest absolute Gasteiger partial charge is 0.144 e. The van der Waals surface area contributed by atoms with Crippen LogP contribution in [0.3, 0.4) is 0 Å². The van der Waals surface area contributed by atoms with Gasteiger partial charge in [0.2, 0.25) is 0 Å². The van der Waals surface area contributed by atoms with Gasteiger partial charge in [-0.2, -0.15) is 0 Å². The highest BCUT2D eigenvalue weighted by atomic mass is 32.2. The summed E-state index contributed by atoms with van der Waals surface area (Å²) in [6.45, 7) is 6.16. The molecule has 106 valence electrons. The van der Waals surface area contributed by atoms with Gasteiger partial charge in [0, 0.05) is 10.3 Å². The molecule has 0 heterocycles. The van der Waals surface area contributed by atoms with Crippen LogP contribution in [0.2, 0.25) is 0 Å². The minimum atomic E-state index is -0.220. The fourth-order valence-corrected chi connectivity index (χ4v) is 2.87. The number of nitrogens with two attached hydrogens (primary N) is 1. The first-order valence-corrected chi connectivity index (χ1v) is 7.62. The summed E-state index contributed by atoms with van der Waals surface area (Å²) in [7, 11) is 0. The average molecular weight is 280 g/mol. The van der Waals surface area contributed by atoms with Crippen LogP contribution in [0.25, 0.3) is 0 Å². The number of benzene rings is 1. The zero-order chi connectivity index (χ0) is 14.3. The van der Waals surface area contributed by atoms with E-state index >= 15 is 0 Å². The van der Waals surface area contributed by atoms with Gasteiger partial charge in [0.25, 0.3) is 0 Å². The van der Waals surface area contributed by atoms with Gasteiger partial charge in [0.05, 0.1) is 0 Å². The summed E-state index contributed by atoms with van der Waals surface area (Å²) in [5, 5.41) is 11.8. The van der Waals surface area contributed by atoms with Crippen LogP contribution in [0.1, 0.15) is 38.7 Å². The summed E-state index contributed by atoms with van der Waals surface area (Å²) in [5.74, 6) is 1.43. The molecule has 0 fully saturated rings. The Hall–Kier alpha value is -1.16. The van der Waals surface area contributed by atoms with Gasteiger partial charge in [0.15, 0.2) is 0 Å². The number of oxime groups is 1. The van der Waals surface area contributed by atoms with Gasteiger partial charge in [-0.05, 0) is 37.1 Å². The lowest BCUT2D eigenvalue weighted by Crippen LogP contribution is -2.31. The van der Waals surface area contributed by atoms with Gasteiger partial charge in [-0.3, -0.25) is 0 Å². The summed E-state index contributed by atoms with van der Waals surface area (Å²) in [5.41, 5.74) is 6.79. The molecular weight excluding hydrogens is 256 g/mol. The summed E-state index contributed by atoms with van der Waals surface area (Å²) in [6, 6.07) is 8.46. The predicted octanol–water partition coefficient (Wildman–Crippen LogP) is 4.03. The molecular formula is C15H24N2OS. The van der Waals surface area contributed by atoms with Gasteiger partial charge >= 0.3 is 0 Å². The quantitative estimate of drug-likeness (QED) is 0.198. The van der Waals surface area contributed by atoms with Crippen molar-refractivity contribution in [2.45, 2.75) is 44.9 Å². The van der Waals surface area contributed by atoms with Crippen molar-refractivity contribution in [3.63, 3.8) is 0 Å². The summed E-state index contributed by atoms with van der Waals surface area (Å²) >= 11 is 1.90. The zero-order valence-corrected chi connectivity index (χ0v) is 12.8. The van der Waals surface area contributed by atoms with Crippen molar-refractivity contribution in [2.24, 2.45) is 16.3 Å². The molecule has 4 heteroatoms. The highest BCUT2D eigenvalue weighted by Crippen LogP contribution is 2.26. The lowest BCUT2D eigenvalue weighted by atomic mass is 9.86.